The Morgan fingerprint density at radius 1 is 1.10 bits per heavy atom. The summed E-state index contributed by atoms with van der Waals surface area (Å²) in [5.41, 5.74) is 0. The highest BCUT2D eigenvalue weighted by Crippen LogP contribution is 2.49. The molecule has 4 nitrogen and oxygen atoms in total. The highest BCUT2D eigenvalue weighted by molar-refractivity contribution is 7.53. The molecule has 0 aliphatic carbocycles. The van der Waals surface area contributed by atoms with E-state index >= 15 is 0 Å². The number of hydrogen-bond acceptors (Lipinski definition) is 2. The molecule has 0 aliphatic rings. The molecule has 0 amide bonds. The Labute approximate surface area is 62.3 Å². The van der Waals surface area contributed by atoms with Gasteiger partial charge in [-0.3, -0.25) is 4.57 Å². The summed E-state index contributed by atoms with van der Waals surface area (Å²) in [5.74, 6) is 0. The number of rotatable bonds is 3. The van der Waals surface area contributed by atoms with Crippen LogP contribution in [0.2, 0.25) is 0 Å². The first-order valence-electron chi connectivity index (χ1n) is 2.96. The third kappa shape index (κ3) is 1.80. The van der Waals surface area contributed by atoms with E-state index in [1.165, 1.54) is 7.11 Å². The Morgan fingerprint density at radius 2 is 1.40 bits per heavy atom. The summed E-state index contributed by atoms with van der Waals surface area (Å²) in [4.78, 5) is 0. The van der Waals surface area contributed by atoms with Crippen molar-refractivity contribution in [1.29, 1.82) is 0 Å². The maximum absolute atomic E-state index is 11.6. The van der Waals surface area contributed by atoms with Crippen molar-refractivity contribution in [3.05, 3.63) is 0 Å². The van der Waals surface area contributed by atoms with Crippen LogP contribution in [0.25, 0.3) is 0 Å². The molecule has 0 rings (SSSR count). The summed E-state index contributed by atoms with van der Waals surface area (Å²) in [5, 5.41) is 0. The maximum Gasteiger partial charge on any atom is 0.344 e. The molecule has 5 heteroatoms. The van der Waals surface area contributed by atoms with Gasteiger partial charge in [-0.2, -0.15) is 0 Å². The van der Waals surface area contributed by atoms with Gasteiger partial charge in [-0.1, -0.05) is 0 Å². The van der Waals surface area contributed by atoms with E-state index in [-0.39, 0.29) is 0 Å². The van der Waals surface area contributed by atoms with Gasteiger partial charge in [-0.15, -0.1) is 0 Å². The second kappa shape index (κ2) is 3.49. The van der Waals surface area contributed by atoms with Crippen molar-refractivity contribution in [2.75, 3.05) is 35.3 Å². The van der Waals surface area contributed by atoms with E-state index in [1.54, 1.807) is 37.5 Å². The highest BCUT2D eigenvalue weighted by Gasteiger charge is 2.27. The second-order valence-corrected chi connectivity index (χ2v) is 5.31. The Morgan fingerprint density at radius 3 is 1.40 bits per heavy atom. The Kier molecular flexibility index (Phi) is 3.52. The van der Waals surface area contributed by atoms with Crippen LogP contribution in [0, 0.1) is 0 Å². The molecule has 10 heavy (non-hydrogen) atoms. The number of nitrogens with zero attached hydrogens (tertiary/aromatic N) is 2. The van der Waals surface area contributed by atoms with Crippen molar-refractivity contribution in [2.45, 2.75) is 0 Å². The van der Waals surface area contributed by atoms with Gasteiger partial charge in [0.1, 0.15) is 0 Å². The van der Waals surface area contributed by atoms with Gasteiger partial charge in [-0.05, 0) is 28.2 Å². The number of hydrogen-bond donors (Lipinski definition) is 0. The molecule has 62 valence electrons. The zero-order chi connectivity index (χ0) is 8.36. The van der Waals surface area contributed by atoms with Crippen LogP contribution >= 0.6 is 7.67 Å². The fourth-order valence-corrected chi connectivity index (χ4v) is 2.05. The first-order chi connectivity index (χ1) is 4.45. The summed E-state index contributed by atoms with van der Waals surface area (Å²) >= 11 is 0. The van der Waals surface area contributed by atoms with Crippen molar-refractivity contribution in [2.24, 2.45) is 0 Å². The van der Waals surface area contributed by atoms with E-state index in [9.17, 15) is 4.57 Å². The van der Waals surface area contributed by atoms with Crippen LogP contribution in [0.4, 0.5) is 0 Å². The molecule has 0 aromatic heterocycles. The maximum atomic E-state index is 11.6. The van der Waals surface area contributed by atoms with Crippen LogP contribution in [-0.4, -0.2) is 44.6 Å². The van der Waals surface area contributed by atoms with Crippen LogP contribution in [0.5, 0.6) is 0 Å². The average Bonchev–Trinajstić information content (AvgIpc) is 1.85. The summed E-state index contributed by atoms with van der Waals surface area (Å²) in [6.45, 7) is 0. The van der Waals surface area contributed by atoms with Gasteiger partial charge in [0.25, 0.3) is 0 Å². The van der Waals surface area contributed by atoms with E-state index < -0.39 is 7.67 Å². The summed E-state index contributed by atoms with van der Waals surface area (Å²) in [6, 6.07) is 0. The van der Waals surface area contributed by atoms with E-state index in [0.717, 1.165) is 0 Å². The highest BCUT2D eigenvalue weighted by atomic mass is 31.2. The Hall–Kier alpha value is 0.110. The lowest BCUT2D eigenvalue weighted by molar-refractivity contribution is 0.296. The quantitative estimate of drug-likeness (QED) is 0.582. The lowest BCUT2D eigenvalue weighted by Crippen LogP contribution is -2.21. The molecule has 0 aromatic rings. The monoisotopic (exact) mass is 166 g/mol. The van der Waals surface area contributed by atoms with Gasteiger partial charge in [0, 0.05) is 7.11 Å². The van der Waals surface area contributed by atoms with E-state index in [1.807, 2.05) is 0 Å². The minimum Gasteiger partial charge on any atom is -0.309 e. The van der Waals surface area contributed by atoms with Gasteiger partial charge in [0.2, 0.25) is 0 Å². The fraction of sp³-hybridized carbons (Fsp3) is 1.00. The largest absolute Gasteiger partial charge is 0.344 e. The first kappa shape index (κ1) is 10.1. The SMILES string of the molecule is COP(=O)(N(C)C)N(C)C. The third-order valence-corrected chi connectivity index (χ3v) is 3.75. The van der Waals surface area contributed by atoms with Gasteiger partial charge in [0.05, 0.1) is 0 Å². The molecule has 0 aromatic carbocycles. The zero-order valence-electron chi connectivity index (χ0n) is 7.16. The second-order valence-electron chi connectivity index (χ2n) is 2.37. The van der Waals surface area contributed by atoms with Gasteiger partial charge >= 0.3 is 7.67 Å². The van der Waals surface area contributed by atoms with Crippen LogP contribution in [0.15, 0.2) is 0 Å². The molecule has 0 heterocycles. The normalized spacial score (nSPS) is 13.1. The van der Waals surface area contributed by atoms with Crippen LogP contribution in [0.3, 0.4) is 0 Å². The summed E-state index contributed by atoms with van der Waals surface area (Å²) in [7, 11) is 5.67. The van der Waals surface area contributed by atoms with Crippen molar-refractivity contribution < 1.29 is 9.09 Å². The zero-order valence-corrected chi connectivity index (χ0v) is 8.05. The summed E-state index contributed by atoms with van der Waals surface area (Å²) < 4.78 is 19.6. The lowest BCUT2D eigenvalue weighted by Gasteiger charge is -2.27. The predicted molar refractivity (Wildman–Crippen MR) is 42.0 cm³/mol. The minimum atomic E-state index is -2.68. The van der Waals surface area contributed by atoms with Crippen molar-refractivity contribution in [3.63, 3.8) is 0 Å². The van der Waals surface area contributed by atoms with Crippen LogP contribution < -0.4 is 0 Å². The smallest absolute Gasteiger partial charge is 0.309 e. The first-order valence-corrected chi connectivity index (χ1v) is 4.49. The molecule has 0 unspecified atom stereocenters. The topological polar surface area (TPSA) is 32.8 Å². The summed E-state index contributed by atoms with van der Waals surface area (Å²) in [6.07, 6.45) is 0. The standard InChI is InChI=1S/C5H15N2O2P/c1-6(2)10(8,9-5)7(3)4/h1-5H3. The minimum absolute atomic E-state index is 1.45. The molecule has 0 N–H and O–H groups in total. The molecule has 0 aliphatic heterocycles. The lowest BCUT2D eigenvalue weighted by atomic mass is 11.3. The van der Waals surface area contributed by atoms with Crippen molar-refractivity contribution in [1.82, 2.24) is 9.34 Å². The van der Waals surface area contributed by atoms with E-state index in [4.69, 9.17) is 4.52 Å². The molecule has 0 saturated carbocycles. The molecule has 0 fully saturated rings. The van der Waals surface area contributed by atoms with Crippen molar-refractivity contribution >= 4 is 7.67 Å². The average molecular weight is 166 g/mol. The molecular weight excluding hydrogens is 151 g/mol. The molecule has 0 bridgehead atoms. The van der Waals surface area contributed by atoms with Crippen LogP contribution in [0.1, 0.15) is 0 Å². The predicted octanol–water partition coefficient (Wildman–Crippen LogP) is 0.864. The molecule has 0 atom stereocenters. The van der Waals surface area contributed by atoms with Crippen LogP contribution in [-0.2, 0) is 9.09 Å². The Bertz CT molecular complexity index is 135. The molecule has 0 radical (unpaired) electrons. The van der Waals surface area contributed by atoms with Gasteiger partial charge in [-0.25, -0.2) is 9.34 Å². The van der Waals surface area contributed by atoms with E-state index in [0.29, 0.717) is 0 Å². The van der Waals surface area contributed by atoms with Gasteiger partial charge in [0.15, 0.2) is 0 Å². The third-order valence-electron chi connectivity index (χ3n) is 1.25. The molecular formula is C5H15N2O2P. The Balaban J connectivity index is 4.40. The molecule has 0 spiro atoms. The van der Waals surface area contributed by atoms with Crippen molar-refractivity contribution in [3.8, 4) is 0 Å². The fourth-order valence-electron chi connectivity index (χ4n) is 0.684. The molecule has 0 saturated heterocycles. The van der Waals surface area contributed by atoms with E-state index in [2.05, 4.69) is 0 Å². The van der Waals surface area contributed by atoms with Gasteiger partial charge < -0.3 is 4.52 Å².